The van der Waals surface area contributed by atoms with E-state index in [1.165, 1.54) is 20.7 Å². The van der Waals surface area contributed by atoms with Gasteiger partial charge in [-0.1, -0.05) is 128 Å². The van der Waals surface area contributed by atoms with Crippen LogP contribution in [0.5, 0.6) is 0 Å². The van der Waals surface area contributed by atoms with Crippen LogP contribution in [0.1, 0.15) is 6.92 Å². The van der Waals surface area contributed by atoms with E-state index < -0.39 is 17.9 Å². The Morgan fingerprint density at radius 2 is 0.690 bits per heavy atom. The van der Waals surface area contributed by atoms with Gasteiger partial charge in [0, 0.05) is 0 Å². The topological polar surface area (TPSA) is 3.24 Å². The molecule has 0 aromatic heterocycles. The smallest absolute Gasteiger partial charge is 0.202 e. The van der Waals surface area contributed by atoms with Gasteiger partial charge in [0.1, 0.15) is 0 Å². The lowest BCUT2D eigenvalue weighted by molar-refractivity contribution is 0.707. The average molecular weight is 408 g/mol. The molecule has 142 valence electrons. The van der Waals surface area contributed by atoms with Crippen LogP contribution in [0.15, 0.2) is 121 Å². The Morgan fingerprint density at radius 1 is 0.448 bits per heavy atom. The molecule has 0 fully saturated rings. The third kappa shape index (κ3) is 4.48. The summed E-state index contributed by atoms with van der Waals surface area (Å²) in [7, 11) is -2.21. The van der Waals surface area contributed by atoms with Gasteiger partial charge in [-0.2, -0.15) is 0 Å². The SMILES string of the molecule is CCN([Si](c1ccccc1)c1ccccc1)[Si](c1ccccc1)c1ccccc1. The molecule has 1 nitrogen and oxygen atoms in total. The zero-order valence-electron chi connectivity index (χ0n) is 16.7. The Hall–Kier alpha value is -2.73. The minimum absolute atomic E-state index is 1.02. The van der Waals surface area contributed by atoms with E-state index in [4.69, 9.17) is 0 Å². The van der Waals surface area contributed by atoms with Gasteiger partial charge in [-0.15, -0.1) is 0 Å². The Kier molecular flexibility index (Phi) is 6.52. The van der Waals surface area contributed by atoms with E-state index in [9.17, 15) is 0 Å². The van der Waals surface area contributed by atoms with Crippen LogP contribution in [-0.2, 0) is 0 Å². The fraction of sp³-hybridized carbons (Fsp3) is 0.0769. The van der Waals surface area contributed by atoms with Crippen LogP contribution < -0.4 is 20.7 Å². The molecule has 0 amide bonds. The van der Waals surface area contributed by atoms with Crippen LogP contribution in [0.4, 0.5) is 0 Å². The number of hydrogen-bond donors (Lipinski definition) is 0. The summed E-state index contributed by atoms with van der Waals surface area (Å²) >= 11 is 0. The van der Waals surface area contributed by atoms with Gasteiger partial charge in [0.05, 0.1) is 0 Å². The van der Waals surface area contributed by atoms with Gasteiger partial charge in [-0.05, 0) is 27.3 Å². The van der Waals surface area contributed by atoms with E-state index in [0.717, 1.165) is 6.54 Å². The van der Waals surface area contributed by atoms with Gasteiger partial charge in [-0.25, -0.2) is 0 Å². The van der Waals surface area contributed by atoms with Gasteiger partial charge in [0.25, 0.3) is 0 Å². The zero-order valence-corrected chi connectivity index (χ0v) is 18.7. The number of nitrogens with zero attached hydrogens (tertiary/aromatic N) is 1. The summed E-state index contributed by atoms with van der Waals surface area (Å²) < 4.78 is 2.81. The predicted molar refractivity (Wildman–Crippen MR) is 128 cm³/mol. The van der Waals surface area contributed by atoms with E-state index in [2.05, 4.69) is 132 Å². The molecule has 0 unspecified atom stereocenters. The molecule has 2 radical (unpaired) electrons. The van der Waals surface area contributed by atoms with Crippen molar-refractivity contribution in [2.24, 2.45) is 0 Å². The zero-order chi connectivity index (χ0) is 19.9. The molecule has 0 aliphatic heterocycles. The maximum atomic E-state index is 2.81. The average Bonchev–Trinajstić information content (AvgIpc) is 2.81. The van der Waals surface area contributed by atoms with Crippen molar-refractivity contribution >= 4 is 38.7 Å². The van der Waals surface area contributed by atoms with Gasteiger partial charge in [0.2, 0.25) is 17.9 Å². The van der Waals surface area contributed by atoms with Crippen molar-refractivity contribution in [1.82, 2.24) is 4.23 Å². The molecule has 4 aromatic rings. The van der Waals surface area contributed by atoms with Crippen molar-refractivity contribution in [2.45, 2.75) is 6.92 Å². The fourth-order valence-electron chi connectivity index (χ4n) is 3.77. The molecular formula is C26H25NSi2. The summed E-state index contributed by atoms with van der Waals surface area (Å²) in [4.78, 5) is 0. The maximum Gasteiger partial charge on any atom is 0.202 e. The fourth-order valence-corrected chi connectivity index (χ4v) is 10.8. The second-order valence-corrected chi connectivity index (χ2v) is 12.1. The first kappa shape index (κ1) is 19.6. The van der Waals surface area contributed by atoms with Crippen molar-refractivity contribution < 1.29 is 0 Å². The molecule has 0 heterocycles. The lowest BCUT2D eigenvalue weighted by Crippen LogP contribution is -2.68. The summed E-state index contributed by atoms with van der Waals surface area (Å²) in [6, 6.07) is 44.3. The summed E-state index contributed by atoms with van der Waals surface area (Å²) in [5.74, 6) is 0. The number of hydrogen-bond acceptors (Lipinski definition) is 1. The molecule has 0 atom stereocenters. The van der Waals surface area contributed by atoms with E-state index >= 15 is 0 Å². The van der Waals surface area contributed by atoms with E-state index in [1.807, 2.05) is 0 Å². The number of benzene rings is 4. The highest BCUT2D eigenvalue weighted by atomic mass is 28.4. The molecular weight excluding hydrogens is 382 g/mol. The van der Waals surface area contributed by atoms with E-state index in [1.54, 1.807) is 0 Å². The molecule has 0 aliphatic rings. The van der Waals surface area contributed by atoms with Crippen molar-refractivity contribution in [3.05, 3.63) is 121 Å². The first-order chi connectivity index (χ1) is 14.4. The molecule has 0 aliphatic carbocycles. The summed E-state index contributed by atoms with van der Waals surface area (Å²) in [6.07, 6.45) is 0. The highest BCUT2D eigenvalue weighted by Gasteiger charge is 2.33. The Labute approximate surface area is 177 Å². The standard InChI is InChI=1S/C26H25NSi2/c1-2-27(28(23-15-7-3-8-16-23)24-17-9-4-10-18-24)29(25-19-11-5-12-20-25)26-21-13-6-14-22-26/h3-22H,2H2,1H3. The highest BCUT2D eigenvalue weighted by molar-refractivity contribution is 6.96. The van der Waals surface area contributed by atoms with E-state index in [-0.39, 0.29) is 0 Å². The minimum atomic E-state index is -1.10. The molecule has 4 aromatic carbocycles. The second kappa shape index (κ2) is 9.65. The maximum absolute atomic E-state index is 2.81. The van der Waals surface area contributed by atoms with Crippen molar-refractivity contribution in [2.75, 3.05) is 6.54 Å². The summed E-state index contributed by atoms with van der Waals surface area (Å²) in [5, 5.41) is 5.78. The van der Waals surface area contributed by atoms with Crippen LogP contribution in [-0.4, -0.2) is 28.7 Å². The Bertz CT molecular complexity index is 830. The first-order valence-corrected chi connectivity index (χ1v) is 13.0. The van der Waals surface area contributed by atoms with Crippen molar-refractivity contribution in [1.29, 1.82) is 0 Å². The molecule has 29 heavy (non-hydrogen) atoms. The largest absolute Gasteiger partial charge is 0.333 e. The molecule has 0 spiro atoms. The highest BCUT2D eigenvalue weighted by Crippen LogP contribution is 2.05. The van der Waals surface area contributed by atoms with Crippen molar-refractivity contribution in [3.63, 3.8) is 0 Å². The molecule has 0 saturated carbocycles. The van der Waals surface area contributed by atoms with Gasteiger partial charge >= 0.3 is 0 Å². The predicted octanol–water partition coefficient (Wildman–Crippen LogP) is 2.92. The van der Waals surface area contributed by atoms with Crippen LogP contribution in [0, 0.1) is 0 Å². The molecule has 3 heteroatoms. The summed E-state index contributed by atoms with van der Waals surface area (Å²) in [5.41, 5.74) is 0. The lowest BCUT2D eigenvalue weighted by Gasteiger charge is -2.36. The quantitative estimate of drug-likeness (QED) is 0.426. The molecule has 4 rings (SSSR count). The van der Waals surface area contributed by atoms with Crippen LogP contribution in [0.25, 0.3) is 0 Å². The monoisotopic (exact) mass is 407 g/mol. The van der Waals surface area contributed by atoms with E-state index in [0.29, 0.717) is 0 Å². The minimum Gasteiger partial charge on any atom is -0.333 e. The van der Waals surface area contributed by atoms with Crippen LogP contribution >= 0.6 is 0 Å². The Morgan fingerprint density at radius 3 is 0.897 bits per heavy atom. The second-order valence-electron chi connectivity index (χ2n) is 6.91. The Balaban J connectivity index is 1.88. The third-order valence-electron chi connectivity index (χ3n) is 5.04. The van der Waals surface area contributed by atoms with Crippen LogP contribution in [0.2, 0.25) is 0 Å². The normalized spacial score (nSPS) is 11.3. The van der Waals surface area contributed by atoms with Crippen molar-refractivity contribution in [3.8, 4) is 0 Å². The van der Waals surface area contributed by atoms with Gasteiger partial charge in [0.15, 0.2) is 0 Å². The number of rotatable bonds is 7. The molecule has 0 saturated heterocycles. The third-order valence-corrected chi connectivity index (χ3v) is 11.6. The van der Waals surface area contributed by atoms with Gasteiger partial charge in [-0.3, -0.25) is 0 Å². The summed E-state index contributed by atoms with van der Waals surface area (Å²) in [6.45, 7) is 3.34. The van der Waals surface area contributed by atoms with Gasteiger partial charge < -0.3 is 4.23 Å². The molecule has 0 N–H and O–H groups in total. The molecule has 0 bridgehead atoms. The van der Waals surface area contributed by atoms with Crippen LogP contribution in [0.3, 0.4) is 0 Å². The first-order valence-electron chi connectivity index (χ1n) is 10.1. The lowest BCUT2D eigenvalue weighted by atomic mass is 10.4.